The van der Waals surface area contributed by atoms with Crippen molar-refractivity contribution in [1.29, 1.82) is 5.26 Å². The molecule has 1 amide bonds. The average Bonchev–Trinajstić information content (AvgIpc) is 2.53. The molecule has 0 spiro atoms. The third-order valence-corrected chi connectivity index (χ3v) is 4.03. The molecule has 1 heterocycles. The topological polar surface area (TPSA) is 47.3 Å². The number of nitrogens with zero attached hydrogens (tertiary/aromatic N) is 3. The Balaban J connectivity index is 1.94. The first-order chi connectivity index (χ1) is 9.63. The molecule has 1 aromatic carbocycles. The van der Waals surface area contributed by atoms with Crippen molar-refractivity contribution < 1.29 is 4.79 Å². The summed E-state index contributed by atoms with van der Waals surface area (Å²) in [6.07, 6.45) is 0. The van der Waals surface area contributed by atoms with Crippen LogP contribution in [0.1, 0.15) is 25.3 Å². The second-order valence-electron chi connectivity index (χ2n) is 5.30. The SMILES string of the molecule is CC(C(=O)N1CCN(C(C)C#N)CC1)c1ccccc1. The number of carbonyl (C=O) groups excluding carboxylic acids is 1. The van der Waals surface area contributed by atoms with Crippen LogP contribution in [0.4, 0.5) is 0 Å². The van der Waals surface area contributed by atoms with Crippen LogP contribution < -0.4 is 0 Å². The van der Waals surface area contributed by atoms with Crippen LogP contribution in [0.3, 0.4) is 0 Å². The van der Waals surface area contributed by atoms with Gasteiger partial charge in [0.25, 0.3) is 0 Å². The number of amides is 1. The molecule has 0 saturated carbocycles. The van der Waals surface area contributed by atoms with E-state index in [1.165, 1.54) is 0 Å². The van der Waals surface area contributed by atoms with Gasteiger partial charge < -0.3 is 4.90 Å². The summed E-state index contributed by atoms with van der Waals surface area (Å²) in [5.74, 6) is 0.0802. The van der Waals surface area contributed by atoms with Gasteiger partial charge in [-0.1, -0.05) is 30.3 Å². The van der Waals surface area contributed by atoms with E-state index in [4.69, 9.17) is 5.26 Å². The Morgan fingerprint density at radius 3 is 2.30 bits per heavy atom. The molecule has 4 nitrogen and oxygen atoms in total. The summed E-state index contributed by atoms with van der Waals surface area (Å²) >= 11 is 0. The molecule has 20 heavy (non-hydrogen) atoms. The molecule has 0 aliphatic carbocycles. The summed E-state index contributed by atoms with van der Waals surface area (Å²) in [4.78, 5) is 16.5. The van der Waals surface area contributed by atoms with Gasteiger partial charge in [-0.15, -0.1) is 0 Å². The zero-order valence-electron chi connectivity index (χ0n) is 12.1. The molecule has 2 atom stereocenters. The molecule has 1 fully saturated rings. The third-order valence-electron chi connectivity index (χ3n) is 4.03. The molecule has 2 unspecified atom stereocenters. The van der Waals surface area contributed by atoms with Crippen molar-refractivity contribution in [2.45, 2.75) is 25.8 Å². The second kappa shape index (κ2) is 6.53. The van der Waals surface area contributed by atoms with E-state index in [9.17, 15) is 4.79 Å². The number of piperazine rings is 1. The highest BCUT2D eigenvalue weighted by atomic mass is 16.2. The number of benzene rings is 1. The molecule has 106 valence electrons. The van der Waals surface area contributed by atoms with Crippen LogP contribution in [0.5, 0.6) is 0 Å². The molecule has 0 aromatic heterocycles. The standard InChI is InChI=1S/C16H21N3O/c1-13(12-17)18-8-10-19(11-9-18)16(20)14(2)15-6-4-3-5-7-15/h3-7,13-14H,8-11H2,1-2H3. The van der Waals surface area contributed by atoms with Crippen molar-refractivity contribution in [3.05, 3.63) is 35.9 Å². The molecular weight excluding hydrogens is 250 g/mol. The predicted molar refractivity (Wildman–Crippen MR) is 78.1 cm³/mol. The number of hydrogen-bond acceptors (Lipinski definition) is 3. The van der Waals surface area contributed by atoms with Gasteiger partial charge in [-0.3, -0.25) is 9.69 Å². The summed E-state index contributed by atoms with van der Waals surface area (Å²) in [5.41, 5.74) is 1.06. The van der Waals surface area contributed by atoms with Gasteiger partial charge in [0.1, 0.15) is 0 Å². The predicted octanol–water partition coefficient (Wildman–Crippen LogP) is 1.85. The van der Waals surface area contributed by atoms with Gasteiger partial charge in [-0.25, -0.2) is 0 Å². The summed E-state index contributed by atoms with van der Waals surface area (Å²) in [6.45, 7) is 6.85. The first-order valence-corrected chi connectivity index (χ1v) is 7.11. The zero-order chi connectivity index (χ0) is 14.5. The fraction of sp³-hybridized carbons (Fsp3) is 0.500. The van der Waals surface area contributed by atoms with Gasteiger partial charge in [0.2, 0.25) is 5.91 Å². The molecule has 2 rings (SSSR count). The Morgan fingerprint density at radius 1 is 1.15 bits per heavy atom. The Labute approximate surface area is 120 Å². The van der Waals surface area contributed by atoms with Gasteiger partial charge >= 0.3 is 0 Å². The Hall–Kier alpha value is -1.86. The Kier molecular flexibility index (Phi) is 4.75. The summed E-state index contributed by atoms with van der Waals surface area (Å²) in [7, 11) is 0. The van der Waals surface area contributed by atoms with Crippen molar-refractivity contribution in [2.75, 3.05) is 26.2 Å². The minimum atomic E-state index is -0.101. The lowest BCUT2D eigenvalue weighted by Crippen LogP contribution is -2.51. The van der Waals surface area contributed by atoms with E-state index < -0.39 is 0 Å². The largest absolute Gasteiger partial charge is 0.340 e. The number of rotatable bonds is 3. The fourth-order valence-corrected chi connectivity index (χ4v) is 2.57. The highest BCUT2D eigenvalue weighted by Crippen LogP contribution is 2.19. The van der Waals surface area contributed by atoms with Crippen LogP contribution in [-0.2, 0) is 4.79 Å². The first kappa shape index (κ1) is 14.5. The maximum Gasteiger partial charge on any atom is 0.229 e. The van der Waals surface area contributed by atoms with Crippen LogP contribution in [0.15, 0.2) is 30.3 Å². The first-order valence-electron chi connectivity index (χ1n) is 7.11. The third kappa shape index (κ3) is 3.17. The molecule has 1 aliphatic rings. The lowest BCUT2D eigenvalue weighted by atomic mass is 9.99. The minimum absolute atomic E-state index is 0.0706. The van der Waals surface area contributed by atoms with E-state index in [0.717, 1.165) is 18.7 Å². The van der Waals surface area contributed by atoms with Gasteiger partial charge in [0.05, 0.1) is 18.0 Å². The maximum atomic E-state index is 12.5. The normalized spacial score (nSPS) is 19.1. The zero-order valence-corrected chi connectivity index (χ0v) is 12.1. The van der Waals surface area contributed by atoms with Crippen LogP contribution in [0, 0.1) is 11.3 Å². The number of nitriles is 1. The minimum Gasteiger partial charge on any atom is -0.340 e. The lowest BCUT2D eigenvalue weighted by molar-refractivity contribution is -0.134. The van der Waals surface area contributed by atoms with Gasteiger partial charge in [-0.05, 0) is 19.4 Å². The van der Waals surface area contributed by atoms with E-state index in [1.807, 2.05) is 49.1 Å². The van der Waals surface area contributed by atoms with Crippen LogP contribution in [-0.4, -0.2) is 47.9 Å². The van der Waals surface area contributed by atoms with Crippen LogP contribution in [0.25, 0.3) is 0 Å². The highest BCUT2D eigenvalue weighted by Gasteiger charge is 2.27. The molecule has 1 aliphatic heterocycles. The Bertz CT molecular complexity index is 486. The Morgan fingerprint density at radius 2 is 1.75 bits per heavy atom. The fourth-order valence-electron chi connectivity index (χ4n) is 2.57. The molecule has 0 bridgehead atoms. The molecule has 1 aromatic rings. The second-order valence-corrected chi connectivity index (χ2v) is 5.30. The maximum absolute atomic E-state index is 12.5. The van der Waals surface area contributed by atoms with Crippen LogP contribution in [0.2, 0.25) is 0 Å². The monoisotopic (exact) mass is 271 g/mol. The van der Waals surface area contributed by atoms with Crippen molar-refractivity contribution in [2.24, 2.45) is 0 Å². The van der Waals surface area contributed by atoms with E-state index in [2.05, 4.69) is 11.0 Å². The van der Waals surface area contributed by atoms with Crippen molar-refractivity contribution >= 4 is 5.91 Å². The smallest absolute Gasteiger partial charge is 0.229 e. The number of carbonyl (C=O) groups is 1. The van der Waals surface area contributed by atoms with Crippen molar-refractivity contribution in [1.82, 2.24) is 9.80 Å². The summed E-state index contributed by atoms with van der Waals surface area (Å²) in [6, 6.07) is 12.1. The van der Waals surface area contributed by atoms with Crippen molar-refractivity contribution in [3.63, 3.8) is 0 Å². The number of hydrogen-bond donors (Lipinski definition) is 0. The molecular formula is C16H21N3O. The van der Waals surface area contributed by atoms with E-state index >= 15 is 0 Å². The lowest BCUT2D eigenvalue weighted by Gasteiger charge is -2.37. The molecule has 0 radical (unpaired) electrons. The van der Waals surface area contributed by atoms with Crippen LogP contribution >= 0.6 is 0 Å². The summed E-state index contributed by atoms with van der Waals surface area (Å²) in [5, 5.41) is 8.93. The quantitative estimate of drug-likeness (QED) is 0.843. The highest BCUT2D eigenvalue weighted by molar-refractivity contribution is 5.83. The van der Waals surface area contributed by atoms with E-state index in [1.54, 1.807) is 0 Å². The van der Waals surface area contributed by atoms with E-state index in [-0.39, 0.29) is 17.9 Å². The summed E-state index contributed by atoms with van der Waals surface area (Å²) < 4.78 is 0. The van der Waals surface area contributed by atoms with Gasteiger partial charge in [0.15, 0.2) is 0 Å². The molecule has 1 saturated heterocycles. The van der Waals surface area contributed by atoms with Gasteiger partial charge in [-0.2, -0.15) is 5.26 Å². The van der Waals surface area contributed by atoms with Crippen molar-refractivity contribution in [3.8, 4) is 6.07 Å². The molecule has 0 N–H and O–H groups in total. The average molecular weight is 271 g/mol. The van der Waals surface area contributed by atoms with E-state index in [0.29, 0.717) is 13.1 Å². The van der Waals surface area contributed by atoms with Gasteiger partial charge in [0, 0.05) is 26.2 Å². The molecule has 4 heteroatoms.